The van der Waals surface area contributed by atoms with Crippen molar-refractivity contribution in [3.05, 3.63) is 85.1 Å². The first-order valence-corrected chi connectivity index (χ1v) is 24.0. The zero-order valence-electron chi connectivity index (χ0n) is 36.7. The fraction of sp³-hybridized carbons (Fsp3) is 0.667. The Kier molecular flexibility index (Phi) is 41.2. The Morgan fingerprint density at radius 3 is 1.08 bits per heavy atom. The van der Waals surface area contributed by atoms with E-state index in [0.717, 1.165) is 89.9 Å². The number of allylic oxidation sites excluding steroid dienone is 14. The number of hydrogen-bond donors (Lipinski definition) is 3. The molecule has 0 saturated heterocycles. The van der Waals surface area contributed by atoms with Crippen LogP contribution in [0.25, 0.3) is 0 Å². The number of aliphatic hydroxyl groups excluding tert-OH is 2. The average Bonchev–Trinajstić information content (AvgIpc) is 3.22. The van der Waals surface area contributed by atoms with E-state index in [2.05, 4.69) is 98.9 Å². The smallest absolute Gasteiger partial charge is 0.457 e. The third-order valence-electron chi connectivity index (χ3n) is 9.10. The maximum absolute atomic E-state index is 12.4. The fourth-order valence-electron chi connectivity index (χ4n) is 5.71. The van der Waals surface area contributed by atoms with Gasteiger partial charge in [-0.3, -0.25) is 18.6 Å². The highest BCUT2D eigenvalue weighted by Crippen LogP contribution is 2.43. The summed E-state index contributed by atoms with van der Waals surface area (Å²) < 4.78 is 32.6. The molecule has 10 nitrogen and oxygen atoms in total. The number of carbonyl (C=O) groups is 2. The summed E-state index contributed by atoms with van der Waals surface area (Å²) in [6.07, 6.45) is 51.3. The minimum Gasteiger partial charge on any atom is -0.457 e. The molecule has 0 spiro atoms. The van der Waals surface area contributed by atoms with E-state index in [0.29, 0.717) is 12.8 Å². The Morgan fingerprint density at radius 1 is 0.458 bits per heavy atom. The van der Waals surface area contributed by atoms with Crippen LogP contribution in [0.1, 0.15) is 168 Å². The van der Waals surface area contributed by atoms with Crippen LogP contribution in [0.15, 0.2) is 85.1 Å². The van der Waals surface area contributed by atoms with Gasteiger partial charge in [0.05, 0.1) is 26.4 Å². The number of ether oxygens (including phenoxy) is 2. The lowest BCUT2D eigenvalue weighted by atomic mass is 10.0. The predicted molar refractivity (Wildman–Crippen MR) is 242 cm³/mol. The van der Waals surface area contributed by atoms with Gasteiger partial charge < -0.3 is 24.6 Å². The van der Waals surface area contributed by atoms with E-state index < -0.39 is 58.4 Å². The van der Waals surface area contributed by atoms with Crippen molar-refractivity contribution in [1.82, 2.24) is 0 Å². The second kappa shape index (κ2) is 43.2. The summed E-state index contributed by atoms with van der Waals surface area (Å²) in [6, 6.07) is 0. The Hall–Kier alpha value is -2.85. The molecule has 3 N–H and O–H groups in total. The molecular formula is C48H81O10P. The zero-order chi connectivity index (χ0) is 43.3. The van der Waals surface area contributed by atoms with Crippen molar-refractivity contribution in [3.63, 3.8) is 0 Å². The molecule has 0 rings (SSSR count). The minimum absolute atomic E-state index is 0.153. The van der Waals surface area contributed by atoms with Crippen LogP contribution in [-0.4, -0.2) is 65.7 Å². The van der Waals surface area contributed by atoms with Gasteiger partial charge >= 0.3 is 19.8 Å². The first kappa shape index (κ1) is 56.1. The Balaban J connectivity index is 3.91. The van der Waals surface area contributed by atoms with Crippen molar-refractivity contribution >= 4 is 19.8 Å². The molecule has 0 aromatic carbocycles. The Labute approximate surface area is 358 Å². The molecule has 0 fully saturated rings. The van der Waals surface area contributed by atoms with E-state index in [1.165, 1.54) is 38.5 Å². The van der Waals surface area contributed by atoms with Crippen LogP contribution in [0.4, 0.5) is 0 Å². The molecule has 0 heterocycles. The van der Waals surface area contributed by atoms with Crippen LogP contribution in [0, 0.1) is 0 Å². The number of rotatable bonds is 41. The molecule has 0 aliphatic carbocycles. The molecule has 3 atom stereocenters. The number of phosphoric acid groups is 1. The van der Waals surface area contributed by atoms with Crippen molar-refractivity contribution in [2.45, 2.75) is 180 Å². The lowest BCUT2D eigenvalue weighted by Crippen LogP contribution is -2.28. The topological polar surface area (TPSA) is 149 Å². The number of unbranched alkanes of at least 4 members (excludes halogenated alkanes) is 13. The maximum atomic E-state index is 12.4. The van der Waals surface area contributed by atoms with E-state index in [1.807, 2.05) is 0 Å². The second-order valence-electron chi connectivity index (χ2n) is 14.6. The average molecular weight is 849 g/mol. The van der Waals surface area contributed by atoms with Gasteiger partial charge in [-0.05, 0) is 83.5 Å². The summed E-state index contributed by atoms with van der Waals surface area (Å²) in [7, 11) is -4.65. The zero-order valence-corrected chi connectivity index (χ0v) is 37.6. The molecule has 0 radical (unpaired) electrons. The molecule has 338 valence electrons. The SMILES string of the molecule is CC/C=C\C/C=C\C/C=C\C/C=C\CCCCCCCCCCCCC(=O)OC(CO)COP(=O)(O)OCC(CO)OC(=O)CCCCC/C=C\C/C=C\C/C=C\CC. The van der Waals surface area contributed by atoms with Crippen LogP contribution in [0.5, 0.6) is 0 Å². The minimum atomic E-state index is -4.65. The van der Waals surface area contributed by atoms with Gasteiger partial charge in [-0.1, -0.05) is 157 Å². The lowest BCUT2D eigenvalue weighted by Gasteiger charge is -2.20. The van der Waals surface area contributed by atoms with Crippen LogP contribution in [0.2, 0.25) is 0 Å². The fourth-order valence-corrected chi connectivity index (χ4v) is 6.49. The van der Waals surface area contributed by atoms with Gasteiger partial charge in [-0.2, -0.15) is 0 Å². The van der Waals surface area contributed by atoms with E-state index >= 15 is 0 Å². The highest BCUT2D eigenvalue weighted by molar-refractivity contribution is 7.47. The van der Waals surface area contributed by atoms with Crippen LogP contribution in [-0.2, 0) is 32.7 Å². The molecule has 0 aromatic rings. The molecule has 0 aliphatic rings. The van der Waals surface area contributed by atoms with E-state index in [4.69, 9.17) is 18.5 Å². The van der Waals surface area contributed by atoms with E-state index in [9.17, 15) is 29.3 Å². The van der Waals surface area contributed by atoms with Gasteiger partial charge in [0.2, 0.25) is 0 Å². The van der Waals surface area contributed by atoms with Crippen LogP contribution < -0.4 is 0 Å². The number of aliphatic hydroxyl groups is 2. The van der Waals surface area contributed by atoms with Gasteiger partial charge in [0.25, 0.3) is 0 Å². The third kappa shape index (κ3) is 41.7. The highest BCUT2D eigenvalue weighted by atomic mass is 31.2. The highest BCUT2D eigenvalue weighted by Gasteiger charge is 2.27. The standard InChI is InChI=1S/C48H81O10P/c1-3-5-7-9-11-13-15-17-18-19-20-21-22-23-24-25-26-28-30-32-34-36-38-40-48(52)58-46(42-50)44-56-59(53,54)55-43-45(41-49)57-47(51)39-37-35-33-31-29-27-16-14-12-10-8-6-4-2/h5-8,11-14,17-18,20-21,27,29,45-46,49-50H,3-4,9-10,15-16,19,22-26,28,30-44H2,1-2H3,(H,53,54)/b7-5-,8-6-,13-11-,14-12-,18-17-,21-20-,29-27-. The van der Waals surface area contributed by atoms with Gasteiger partial charge in [-0.15, -0.1) is 0 Å². The van der Waals surface area contributed by atoms with Crippen LogP contribution >= 0.6 is 7.82 Å². The number of hydrogen-bond acceptors (Lipinski definition) is 9. The summed E-state index contributed by atoms with van der Waals surface area (Å²) >= 11 is 0. The predicted octanol–water partition coefficient (Wildman–Crippen LogP) is 12.2. The Morgan fingerprint density at radius 2 is 0.746 bits per heavy atom. The molecule has 0 aliphatic heterocycles. The normalized spacial score (nSPS) is 14.6. The van der Waals surface area contributed by atoms with E-state index in [1.54, 1.807) is 0 Å². The van der Waals surface area contributed by atoms with Gasteiger partial charge in [-0.25, -0.2) is 4.57 Å². The van der Waals surface area contributed by atoms with Crippen LogP contribution in [0.3, 0.4) is 0 Å². The monoisotopic (exact) mass is 849 g/mol. The molecule has 0 aromatic heterocycles. The molecule has 11 heteroatoms. The van der Waals surface area contributed by atoms with Crippen molar-refractivity contribution in [2.75, 3.05) is 26.4 Å². The quantitative estimate of drug-likeness (QED) is 0.0235. The molecule has 59 heavy (non-hydrogen) atoms. The summed E-state index contributed by atoms with van der Waals surface area (Å²) in [5, 5.41) is 19.2. The summed E-state index contributed by atoms with van der Waals surface area (Å²) in [4.78, 5) is 34.5. The maximum Gasteiger partial charge on any atom is 0.472 e. The second-order valence-corrected chi connectivity index (χ2v) is 16.1. The summed E-state index contributed by atoms with van der Waals surface area (Å²) in [5.74, 6) is -1.06. The number of carbonyl (C=O) groups excluding carboxylic acids is 2. The Bertz CT molecular complexity index is 1250. The largest absolute Gasteiger partial charge is 0.472 e. The summed E-state index contributed by atoms with van der Waals surface area (Å²) in [5.41, 5.74) is 0. The van der Waals surface area contributed by atoms with Crippen molar-refractivity contribution < 1.29 is 47.8 Å². The molecular weight excluding hydrogens is 767 g/mol. The third-order valence-corrected chi connectivity index (χ3v) is 10.1. The van der Waals surface area contributed by atoms with Gasteiger partial charge in [0.1, 0.15) is 12.2 Å². The van der Waals surface area contributed by atoms with Crippen molar-refractivity contribution in [3.8, 4) is 0 Å². The first-order valence-electron chi connectivity index (χ1n) is 22.5. The summed E-state index contributed by atoms with van der Waals surface area (Å²) in [6.45, 7) is 1.93. The number of esters is 2. The van der Waals surface area contributed by atoms with Crippen molar-refractivity contribution in [2.24, 2.45) is 0 Å². The molecule has 3 unspecified atom stereocenters. The van der Waals surface area contributed by atoms with Crippen molar-refractivity contribution in [1.29, 1.82) is 0 Å². The molecule has 0 amide bonds. The molecule has 0 saturated carbocycles. The van der Waals surface area contributed by atoms with Gasteiger partial charge in [0.15, 0.2) is 0 Å². The number of phosphoric ester groups is 1. The first-order chi connectivity index (χ1) is 28.8. The van der Waals surface area contributed by atoms with E-state index in [-0.39, 0.29) is 12.8 Å². The molecule has 0 bridgehead atoms. The lowest BCUT2D eigenvalue weighted by molar-refractivity contribution is -0.153. The van der Waals surface area contributed by atoms with Gasteiger partial charge in [0, 0.05) is 12.8 Å².